The summed E-state index contributed by atoms with van der Waals surface area (Å²) in [5, 5.41) is 29.8. The Morgan fingerprint density at radius 2 is 1.79 bits per heavy atom. The fourth-order valence-corrected chi connectivity index (χ4v) is 5.33. The summed E-state index contributed by atoms with van der Waals surface area (Å²) in [6.07, 6.45) is 1.95. The smallest absolute Gasteiger partial charge is 0.147 e. The molecule has 9 nitrogen and oxygen atoms in total. The molecular weight excluding hydrogens is 478 g/mol. The molecule has 5 aromatic rings. The van der Waals surface area contributed by atoms with Crippen molar-refractivity contribution >= 4 is 10.9 Å². The minimum atomic E-state index is 0.159. The lowest BCUT2D eigenvalue weighted by Crippen LogP contribution is -2.44. The third kappa shape index (κ3) is 4.18. The van der Waals surface area contributed by atoms with Gasteiger partial charge in [0.1, 0.15) is 17.0 Å². The van der Waals surface area contributed by atoms with E-state index in [0.717, 1.165) is 53.1 Å². The molecule has 2 aromatic carbocycles. The minimum absolute atomic E-state index is 0.159. The summed E-state index contributed by atoms with van der Waals surface area (Å²) < 4.78 is 9.27. The summed E-state index contributed by atoms with van der Waals surface area (Å²) in [6, 6.07) is 13.6. The Morgan fingerprint density at radius 3 is 2.45 bits per heavy atom. The molecule has 1 N–H and O–H groups in total. The van der Waals surface area contributed by atoms with Crippen molar-refractivity contribution in [3.05, 3.63) is 71.3 Å². The third-order valence-corrected chi connectivity index (χ3v) is 7.62. The van der Waals surface area contributed by atoms with E-state index in [9.17, 15) is 5.11 Å². The fourth-order valence-electron chi connectivity index (χ4n) is 5.33. The number of aryl methyl sites for hydroxylation is 3. The normalized spacial score (nSPS) is 14.2. The van der Waals surface area contributed by atoms with Crippen LogP contribution in [-0.2, 0) is 20.6 Å². The van der Waals surface area contributed by atoms with Crippen LogP contribution < -0.4 is 4.74 Å². The van der Waals surface area contributed by atoms with Gasteiger partial charge in [0.25, 0.3) is 0 Å². The zero-order valence-corrected chi connectivity index (χ0v) is 22.3. The van der Waals surface area contributed by atoms with Crippen molar-refractivity contribution in [2.45, 2.75) is 26.3 Å². The first kappa shape index (κ1) is 24.1. The number of phenolic OH excluding ortho intramolecular Hbond substituents is 1. The highest BCUT2D eigenvalue weighted by molar-refractivity contribution is 5.90. The molecule has 0 amide bonds. The van der Waals surface area contributed by atoms with Crippen molar-refractivity contribution in [2.24, 2.45) is 14.1 Å². The SMILES string of the molecule is COc1cc(-c2ccc(-c3ccc(C4CN(Cc5c(C)nn(C)c5C)C4)nn3)c(O)c2)cc2cn(C)nc12. The Kier molecular flexibility index (Phi) is 5.87. The Balaban J connectivity index is 1.17. The lowest BCUT2D eigenvalue weighted by Gasteiger charge is -2.38. The van der Waals surface area contributed by atoms with Crippen LogP contribution in [0.2, 0.25) is 0 Å². The Morgan fingerprint density at radius 1 is 0.974 bits per heavy atom. The molecule has 0 aliphatic carbocycles. The number of likely N-dealkylation sites (tertiary alicyclic amines) is 1. The fraction of sp³-hybridized carbons (Fsp3) is 0.310. The van der Waals surface area contributed by atoms with Crippen LogP contribution >= 0.6 is 0 Å². The highest BCUT2D eigenvalue weighted by Crippen LogP contribution is 2.36. The number of hydrogen-bond donors (Lipinski definition) is 1. The van der Waals surface area contributed by atoms with Gasteiger partial charge in [0.05, 0.1) is 24.2 Å². The van der Waals surface area contributed by atoms with E-state index in [1.54, 1.807) is 17.9 Å². The maximum atomic E-state index is 10.9. The third-order valence-electron chi connectivity index (χ3n) is 7.62. The molecule has 0 saturated carbocycles. The second-order valence-corrected chi connectivity index (χ2v) is 10.2. The van der Waals surface area contributed by atoms with Gasteiger partial charge in [0.2, 0.25) is 0 Å². The van der Waals surface area contributed by atoms with Gasteiger partial charge in [-0.3, -0.25) is 14.3 Å². The van der Waals surface area contributed by atoms with E-state index in [-0.39, 0.29) is 5.75 Å². The van der Waals surface area contributed by atoms with E-state index in [1.165, 1.54) is 11.3 Å². The van der Waals surface area contributed by atoms with Crippen LogP contribution in [-0.4, -0.2) is 60.0 Å². The Labute approximate surface area is 221 Å². The summed E-state index contributed by atoms with van der Waals surface area (Å²) in [5.41, 5.74) is 8.55. The zero-order valence-electron chi connectivity index (χ0n) is 22.3. The summed E-state index contributed by atoms with van der Waals surface area (Å²) >= 11 is 0. The molecule has 0 bridgehead atoms. The van der Waals surface area contributed by atoms with Crippen LogP contribution in [0.1, 0.15) is 28.6 Å². The summed E-state index contributed by atoms with van der Waals surface area (Å²) in [6.45, 7) is 7.00. The molecule has 0 unspecified atom stereocenters. The molecule has 1 saturated heterocycles. The van der Waals surface area contributed by atoms with E-state index < -0.39 is 0 Å². The Hall–Kier alpha value is -4.24. The van der Waals surface area contributed by atoms with Gasteiger partial charge < -0.3 is 9.84 Å². The van der Waals surface area contributed by atoms with Gasteiger partial charge in [-0.25, -0.2) is 0 Å². The van der Waals surface area contributed by atoms with Crippen LogP contribution in [0, 0.1) is 13.8 Å². The number of aromatic nitrogens is 6. The maximum absolute atomic E-state index is 10.9. The molecule has 194 valence electrons. The largest absolute Gasteiger partial charge is 0.507 e. The number of aromatic hydroxyl groups is 1. The molecule has 1 aliphatic rings. The molecular formula is C29H31N7O2. The van der Waals surface area contributed by atoms with Gasteiger partial charge in [-0.1, -0.05) is 6.07 Å². The van der Waals surface area contributed by atoms with Crippen molar-refractivity contribution in [2.75, 3.05) is 20.2 Å². The topological polar surface area (TPSA) is 94.1 Å². The highest BCUT2D eigenvalue weighted by atomic mass is 16.5. The standard InChI is InChI=1S/C29H31N7O2/c1-17-24(18(2)35(4)32-17)16-36-14-22(15-36)25-8-9-26(31-30-25)23-7-6-19(11-27(23)37)20-10-21-13-34(3)33-29(21)28(12-20)38-5/h6-13,22,37H,14-16H2,1-5H3. The molecule has 3 aromatic heterocycles. The first-order chi connectivity index (χ1) is 18.3. The van der Waals surface area contributed by atoms with Gasteiger partial charge in [0.15, 0.2) is 0 Å². The second kappa shape index (κ2) is 9.25. The molecule has 0 radical (unpaired) electrons. The first-order valence-corrected chi connectivity index (χ1v) is 12.7. The second-order valence-electron chi connectivity index (χ2n) is 10.2. The number of phenols is 1. The summed E-state index contributed by atoms with van der Waals surface area (Å²) in [5.74, 6) is 1.22. The van der Waals surface area contributed by atoms with Crippen molar-refractivity contribution in [3.63, 3.8) is 0 Å². The monoisotopic (exact) mass is 509 g/mol. The molecule has 4 heterocycles. The van der Waals surface area contributed by atoms with E-state index in [2.05, 4.69) is 39.1 Å². The average Bonchev–Trinajstić information content (AvgIpc) is 3.38. The maximum Gasteiger partial charge on any atom is 0.147 e. The highest BCUT2D eigenvalue weighted by Gasteiger charge is 2.30. The molecule has 6 rings (SSSR count). The van der Waals surface area contributed by atoms with E-state index in [4.69, 9.17) is 4.74 Å². The average molecular weight is 510 g/mol. The van der Waals surface area contributed by atoms with Crippen LogP contribution in [0.3, 0.4) is 0 Å². The molecule has 0 spiro atoms. The number of methoxy groups -OCH3 is 1. The Bertz CT molecular complexity index is 1650. The van der Waals surface area contributed by atoms with Crippen LogP contribution in [0.5, 0.6) is 11.5 Å². The lowest BCUT2D eigenvalue weighted by molar-refractivity contribution is 0.136. The van der Waals surface area contributed by atoms with E-state index >= 15 is 0 Å². The van der Waals surface area contributed by atoms with Crippen molar-refractivity contribution < 1.29 is 9.84 Å². The number of fused-ring (bicyclic) bond motifs is 1. The predicted molar refractivity (Wildman–Crippen MR) is 146 cm³/mol. The van der Waals surface area contributed by atoms with E-state index in [0.29, 0.717) is 22.9 Å². The number of nitrogens with zero attached hydrogens (tertiary/aromatic N) is 7. The number of rotatable bonds is 6. The quantitative estimate of drug-likeness (QED) is 0.363. The number of ether oxygens (including phenoxy) is 1. The van der Waals surface area contributed by atoms with Crippen LogP contribution in [0.15, 0.2) is 48.7 Å². The number of hydrogen-bond acceptors (Lipinski definition) is 7. The van der Waals surface area contributed by atoms with E-state index in [1.807, 2.05) is 61.4 Å². The van der Waals surface area contributed by atoms with Crippen molar-refractivity contribution in [3.8, 4) is 33.9 Å². The molecule has 9 heteroatoms. The zero-order chi connectivity index (χ0) is 26.6. The minimum Gasteiger partial charge on any atom is -0.507 e. The predicted octanol–water partition coefficient (Wildman–Crippen LogP) is 4.36. The van der Waals surface area contributed by atoms with Gasteiger partial charge in [-0.05, 0) is 61.4 Å². The summed E-state index contributed by atoms with van der Waals surface area (Å²) in [4.78, 5) is 2.42. The van der Waals surface area contributed by atoms with Gasteiger partial charge in [0, 0.05) is 68.1 Å². The molecule has 1 fully saturated rings. The molecule has 1 aliphatic heterocycles. The van der Waals surface area contributed by atoms with Crippen LogP contribution in [0.4, 0.5) is 0 Å². The molecule has 38 heavy (non-hydrogen) atoms. The number of benzene rings is 2. The van der Waals surface area contributed by atoms with Crippen molar-refractivity contribution in [1.82, 2.24) is 34.7 Å². The van der Waals surface area contributed by atoms with Gasteiger partial charge in [-0.15, -0.1) is 0 Å². The lowest BCUT2D eigenvalue weighted by atomic mass is 9.94. The first-order valence-electron chi connectivity index (χ1n) is 12.7. The van der Waals surface area contributed by atoms with Crippen LogP contribution in [0.25, 0.3) is 33.3 Å². The molecule has 0 atom stereocenters. The summed E-state index contributed by atoms with van der Waals surface area (Å²) in [7, 11) is 5.52. The van der Waals surface area contributed by atoms with Gasteiger partial charge in [-0.2, -0.15) is 20.4 Å². The van der Waals surface area contributed by atoms with Gasteiger partial charge >= 0.3 is 0 Å². The van der Waals surface area contributed by atoms with Crippen molar-refractivity contribution in [1.29, 1.82) is 0 Å².